The van der Waals surface area contributed by atoms with Crippen LogP contribution in [0.2, 0.25) is 0 Å². The number of nitrogens with one attached hydrogen (secondary N) is 1. The molecule has 126 valence electrons. The van der Waals surface area contributed by atoms with E-state index < -0.39 is 0 Å². The fourth-order valence-electron chi connectivity index (χ4n) is 2.83. The van der Waals surface area contributed by atoms with Gasteiger partial charge in [0.05, 0.1) is 5.69 Å². The van der Waals surface area contributed by atoms with Crippen LogP contribution in [0.25, 0.3) is 16.2 Å². The van der Waals surface area contributed by atoms with Gasteiger partial charge in [-0.1, -0.05) is 24.3 Å². The summed E-state index contributed by atoms with van der Waals surface area (Å²) >= 11 is 1.49. The molecule has 5 nitrogen and oxygen atoms in total. The Bertz CT molecular complexity index is 865. The van der Waals surface area contributed by atoms with Gasteiger partial charge in [-0.2, -0.15) is 0 Å². The summed E-state index contributed by atoms with van der Waals surface area (Å²) in [5.74, 6) is -0.0654. The Morgan fingerprint density at radius 3 is 2.83 bits per heavy atom. The number of likely N-dealkylation sites (N-methyl/N-ethyl adjacent to an activating group) is 1. The highest BCUT2D eigenvalue weighted by Gasteiger charge is 2.17. The maximum Gasteiger partial charge on any atom is 0.269 e. The molecular formula is C18H22N4OS. The Morgan fingerprint density at radius 2 is 2.12 bits per heavy atom. The van der Waals surface area contributed by atoms with Crippen molar-refractivity contribution in [2.24, 2.45) is 0 Å². The first-order valence-corrected chi connectivity index (χ1v) is 8.82. The van der Waals surface area contributed by atoms with Gasteiger partial charge in [-0.05, 0) is 33.5 Å². The molecule has 3 rings (SSSR count). The molecule has 1 amide bonds. The molecule has 0 unspecified atom stereocenters. The molecule has 0 aliphatic rings. The molecule has 0 aliphatic carbocycles. The largest absolute Gasteiger partial charge is 0.347 e. The van der Waals surface area contributed by atoms with Gasteiger partial charge in [-0.3, -0.25) is 9.20 Å². The first-order valence-electron chi connectivity index (χ1n) is 7.94. The number of hydrogen-bond donors (Lipinski definition) is 1. The fraction of sp³-hybridized carbons (Fsp3) is 0.333. The molecule has 3 aromatic rings. The van der Waals surface area contributed by atoms with Crippen LogP contribution in [0.1, 0.15) is 23.0 Å². The molecule has 0 aliphatic heterocycles. The Kier molecular flexibility index (Phi) is 4.69. The van der Waals surface area contributed by atoms with E-state index >= 15 is 0 Å². The van der Waals surface area contributed by atoms with Gasteiger partial charge in [0.1, 0.15) is 5.69 Å². The van der Waals surface area contributed by atoms with Gasteiger partial charge >= 0.3 is 0 Å². The number of fused-ring (bicyclic) bond motifs is 1. The van der Waals surface area contributed by atoms with E-state index in [4.69, 9.17) is 0 Å². The van der Waals surface area contributed by atoms with Crippen molar-refractivity contribution in [1.29, 1.82) is 0 Å². The maximum absolute atomic E-state index is 12.6. The van der Waals surface area contributed by atoms with Crippen molar-refractivity contribution >= 4 is 22.2 Å². The molecule has 6 heteroatoms. The van der Waals surface area contributed by atoms with Crippen molar-refractivity contribution in [2.75, 3.05) is 20.6 Å². The van der Waals surface area contributed by atoms with Crippen LogP contribution in [0, 0.1) is 6.92 Å². The van der Waals surface area contributed by atoms with Crippen LogP contribution >= 0.6 is 11.3 Å². The lowest BCUT2D eigenvalue weighted by atomic mass is 10.1. The summed E-state index contributed by atoms with van der Waals surface area (Å²) in [6.45, 7) is 4.88. The van der Waals surface area contributed by atoms with Crippen LogP contribution in [0.15, 0.2) is 35.8 Å². The molecule has 0 saturated carbocycles. The van der Waals surface area contributed by atoms with Crippen molar-refractivity contribution in [3.05, 3.63) is 47.1 Å². The number of thiazole rings is 1. The zero-order chi connectivity index (χ0) is 17.3. The highest BCUT2D eigenvalue weighted by Crippen LogP contribution is 2.25. The highest BCUT2D eigenvalue weighted by molar-refractivity contribution is 7.15. The van der Waals surface area contributed by atoms with E-state index in [1.54, 1.807) is 0 Å². The topological polar surface area (TPSA) is 49.6 Å². The molecule has 1 N–H and O–H groups in total. The summed E-state index contributed by atoms with van der Waals surface area (Å²) in [5, 5.41) is 4.91. The zero-order valence-electron chi connectivity index (χ0n) is 14.4. The van der Waals surface area contributed by atoms with Gasteiger partial charge in [0, 0.05) is 29.7 Å². The van der Waals surface area contributed by atoms with E-state index in [9.17, 15) is 4.79 Å². The van der Waals surface area contributed by atoms with E-state index in [1.807, 2.05) is 49.1 Å². The number of nitrogens with zero attached hydrogens (tertiary/aromatic N) is 3. The van der Waals surface area contributed by atoms with Crippen molar-refractivity contribution in [3.63, 3.8) is 0 Å². The fourth-order valence-corrected chi connectivity index (χ4v) is 3.68. The first kappa shape index (κ1) is 16.7. The first-order chi connectivity index (χ1) is 11.5. The van der Waals surface area contributed by atoms with Crippen LogP contribution in [0.5, 0.6) is 0 Å². The van der Waals surface area contributed by atoms with Gasteiger partial charge in [0.25, 0.3) is 5.91 Å². The monoisotopic (exact) mass is 342 g/mol. The molecule has 0 fully saturated rings. The Labute approximate surface area is 145 Å². The average Bonchev–Trinajstić information content (AvgIpc) is 3.06. The highest BCUT2D eigenvalue weighted by atomic mass is 32.1. The summed E-state index contributed by atoms with van der Waals surface area (Å²) in [6.07, 6.45) is 1.94. The van der Waals surface area contributed by atoms with Crippen molar-refractivity contribution in [3.8, 4) is 11.3 Å². The lowest BCUT2D eigenvalue weighted by Gasteiger charge is -2.17. The molecular weight excluding hydrogens is 320 g/mol. The number of aromatic nitrogens is 2. The number of benzene rings is 1. The quantitative estimate of drug-likeness (QED) is 0.775. The second kappa shape index (κ2) is 6.75. The normalized spacial score (nSPS) is 12.7. The van der Waals surface area contributed by atoms with Gasteiger partial charge < -0.3 is 10.2 Å². The molecule has 0 radical (unpaired) electrons. The van der Waals surface area contributed by atoms with Crippen molar-refractivity contribution in [2.45, 2.75) is 19.9 Å². The lowest BCUT2D eigenvalue weighted by molar-refractivity contribution is 0.0928. The Hall–Kier alpha value is -2.18. The zero-order valence-corrected chi connectivity index (χ0v) is 15.2. The summed E-state index contributed by atoms with van der Waals surface area (Å²) < 4.78 is 1.88. The summed E-state index contributed by atoms with van der Waals surface area (Å²) in [7, 11) is 3.99. The van der Waals surface area contributed by atoms with E-state index in [1.165, 1.54) is 16.9 Å². The van der Waals surface area contributed by atoms with Crippen molar-refractivity contribution < 1.29 is 4.79 Å². The third kappa shape index (κ3) is 3.34. The minimum absolute atomic E-state index is 0.0654. The second-order valence-electron chi connectivity index (χ2n) is 6.35. The number of rotatable bonds is 5. The number of carbonyl (C=O) groups is 1. The Morgan fingerprint density at radius 1 is 1.38 bits per heavy atom. The van der Waals surface area contributed by atoms with E-state index in [0.717, 1.165) is 22.8 Å². The molecule has 24 heavy (non-hydrogen) atoms. The smallest absolute Gasteiger partial charge is 0.269 e. The van der Waals surface area contributed by atoms with Gasteiger partial charge in [-0.15, -0.1) is 11.3 Å². The molecule has 0 spiro atoms. The number of imidazole rings is 1. The van der Waals surface area contributed by atoms with Gasteiger partial charge in [-0.25, -0.2) is 4.98 Å². The third-order valence-corrected chi connectivity index (χ3v) is 4.72. The number of hydrogen-bond acceptors (Lipinski definition) is 4. The summed E-state index contributed by atoms with van der Waals surface area (Å²) in [5.41, 5.74) is 3.80. The number of amides is 1. The molecule has 1 atom stereocenters. The second-order valence-corrected chi connectivity index (χ2v) is 7.19. The molecule has 2 aromatic heterocycles. The molecule has 2 heterocycles. The van der Waals surface area contributed by atoms with Crippen molar-refractivity contribution in [1.82, 2.24) is 19.6 Å². The van der Waals surface area contributed by atoms with Crippen LogP contribution in [-0.2, 0) is 0 Å². The van der Waals surface area contributed by atoms with Gasteiger partial charge in [0.2, 0.25) is 0 Å². The van der Waals surface area contributed by atoms with Crippen LogP contribution in [0.4, 0.5) is 0 Å². The van der Waals surface area contributed by atoms with Crippen LogP contribution in [0.3, 0.4) is 0 Å². The molecule has 1 aromatic carbocycles. The molecule has 0 saturated heterocycles. The van der Waals surface area contributed by atoms with E-state index in [-0.39, 0.29) is 11.9 Å². The third-order valence-electron chi connectivity index (χ3n) is 3.88. The lowest BCUT2D eigenvalue weighted by Crippen LogP contribution is -2.39. The predicted molar refractivity (Wildman–Crippen MR) is 98.7 cm³/mol. The van der Waals surface area contributed by atoms with E-state index in [2.05, 4.69) is 34.3 Å². The summed E-state index contributed by atoms with van der Waals surface area (Å²) in [6, 6.07) is 8.23. The average molecular weight is 342 g/mol. The predicted octanol–water partition coefficient (Wildman–Crippen LogP) is 3.05. The number of carbonyl (C=O) groups excluding carboxylic acids is 1. The standard InChI is InChI=1S/C18H22N4OS/c1-12-7-5-6-8-14(12)15-10-22-16(11-24-18(22)20-15)17(23)19-13(2)9-21(3)4/h5-8,10-11,13H,9H2,1-4H3,(H,19,23)/t13-/m0/s1. The van der Waals surface area contributed by atoms with Crippen LogP contribution < -0.4 is 5.32 Å². The Balaban J connectivity index is 1.88. The summed E-state index contributed by atoms with van der Waals surface area (Å²) in [4.78, 5) is 20.1. The van der Waals surface area contributed by atoms with Crippen LogP contribution in [-0.4, -0.2) is 46.9 Å². The maximum atomic E-state index is 12.6. The molecule has 0 bridgehead atoms. The van der Waals surface area contributed by atoms with E-state index in [0.29, 0.717) is 5.69 Å². The minimum atomic E-state index is -0.0654. The number of aryl methyl sites for hydroxylation is 1. The SMILES string of the molecule is Cc1ccccc1-c1cn2c(C(=O)N[C@@H](C)CN(C)C)csc2n1. The minimum Gasteiger partial charge on any atom is -0.347 e. The van der Waals surface area contributed by atoms with Gasteiger partial charge in [0.15, 0.2) is 4.96 Å².